The maximum absolute atomic E-state index is 10.2. The molecule has 0 unspecified atom stereocenters. The molecule has 0 aromatic carbocycles. The Balaban J connectivity index is -0.000000740. The van der Waals surface area contributed by atoms with Gasteiger partial charge < -0.3 is 0 Å². The fourth-order valence-corrected chi connectivity index (χ4v) is 2.08. The molecule has 0 aliphatic heterocycles. The number of nitriles is 1. The van der Waals surface area contributed by atoms with E-state index in [9.17, 15) is 8.42 Å². The first kappa shape index (κ1) is 26.6. The Hall–Kier alpha value is 0.710. The zero-order valence-electron chi connectivity index (χ0n) is 12.3. The SMILES string of the molecule is CCCCCCCCCCCCOS(=O)(=O)O.N#CS.[NaH]. The molecule has 0 aromatic rings. The van der Waals surface area contributed by atoms with E-state index in [1.807, 2.05) is 0 Å². The van der Waals surface area contributed by atoms with Crippen LogP contribution in [-0.4, -0.2) is 49.1 Å². The molecule has 0 radical (unpaired) electrons. The number of hydrogen-bond acceptors (Lipinski definition) is 5. The molecule has 0 aromatic heterocycles. The van der Waals surface area contributed by atoms with E-state index in [-0.39, 0.29) is 36.2 Å². The summed E-state index contributed by atoms with van der Waals surface area (Å²) in [7, 11) is -4.23. The summed E-state index contributed by atoms with van der Waals surface area (Å²) >= 11 is 3.09. The minimum atomic E-state index is -4.23. The Morgan fingerprint density at radius 3 is 1.67 bits per heavy atom. The van der Waals surface area contributed by atoms with Crippen molar-refractivity contribution in [2.75, 3.05) is 6.61 Å². The number of thiol groups is 1. The zero-order chi connectivity index (χ0) is 15.7. The van der Waals surface area contributed by atoms with Gasteiger partial charge in [-0.25, -0.2) is 4.18 Å². The van der Waals surface area contributed by atoms with E-state index in [1.165, 1.54) is 50.3 Å². The predicted octanol–water partition coefficient (Wildman–Crippen LogP) is 3.48. The van der Waals surface area contributed by atoms with Crippen molar-refractivity contribution in [2.24, 2.45) is 0 Å². The Labute approximate surface area is 157 Å². The van der Waals surface area contributed by atoms with E-state index in [4.69, 9.17) is 9.81 Å². The van der Waals surface area contributed by atoms with Crippen LogP contribution in [0.2, 0.25) is 0 Å². The summed E-state index contributed by atoms with van der Waals surface area (Å²) < 4.78 is 33.0. The zero-order valence-corrected chi connectivity index (χ0v) is 14.0. The van der Waals surface area contributed by atoms with Crippen LogP contribution in [0.5, 0.6) is 0 Å². The first-order valence-electron chi connectivity index (χ1n) is 7.13. The molecule has 0 bridgehead atoms. The van der Waals surface area contributed by atoms with Gasteiger partial charge in [0.1, 0.15) is 5.40 Å². The Kier molecular flexibility index (Phi) is 26.2. The monoisotopic (exact) mass is 349 g/mol. The van der Waals surface area contributed by atoms with Crippen LogP contribution in [0.15, 0.2) is 0 Å². The summed E-state index contributed by atoms with van der Waals surface area (Å²) in [4.78, 5) is 0. The van der Waals surface area contributed by atoms with E-state index in [0.29, 0.717) is 6.42 Å². The van der Waals surface area contributed by atoms with Crippen molar-refractivity contribution in [3.05, 3.63) is 0 Å². The average Bonchev–Trinajstić information content (AvgIpc) is 2.35. The molecule has 0 amide bonds. The summed E-state index contributed by atoms with van der Waals surface area (Å²) in [6.45, 7) is 2.31. The Morgan fingerprint density at radius 2 is 1.33 bits per heavy atom. The van der Waals surface area contributed by atoms with Gasteiger partial charge in [0.15, 0.2) is 0 Å². The van der Waals surface area contributed by atoms with Crippen molar-refractivity contribution in [1.29, 1.82) is 5.26 Å². The van der Waals surface area contributed by atoms with Crippen molar-refractivity contribution in [2.45, 2.75) is 71.1 Å². The topological polar surface area (TPSA) is 87.4 Å². The van der Waals surface area contributed by atoms with Gasteiger partial charge in [0.05, 0.1) is 6.61 Å². The maximum atomic E-state index is 10.2. The molecular formula is C13H28NNaO4S2. The molecule has 0 aliphatic carbocycles. The quantitative estimate of drug-likeness (QED) is 0.185. The number of rotatable bonds is 12. The van der Waals surface area contributed by atoms with Gasteiger partial charge in [-0.2, -0.15) is 13.7 Å². The molecule has 0 heterocycles. The van der Waals surface area contributed by atoms with Crippen molar-refractivity contribution in [3.8, 4) is 5.40 Å². The van der Waals surface area contributed by atoms with Gasteiger partial charge in [-0.05, 0) is 6.42 Å². The van der Waals surface area contributed by atoms with Crippen molar-refractivity contribution >= 4 is 52.6 Å². The van der Waals surface area contributed by atoms with Gasteiger partial charge in [-0.1, -0.05) is 77.3 Å². The van der Waals surface area contributed by atoms with Crippen molar-refractivity contribution in [1.82, 2.24) is 0 Å². The first-order chi connectivity index (χ1) is 9.47. The molecule has 21 heavy (non-hydrogen) atoms. The molecule has 5 nitrogen and oxygen atoms in total. The summed E-state index contributed by atoms with van der Waals surface area (Å²) in [6.07, 6.45) is 11.9. The molecule has 0 fully saturated rings. The number of nitrogens with zero attached hydrogens (tertiary/aromatic N) is 1. The third-order valence-corrected chi connectivity index (χ3v) is 3.19. The number of hydrogen-bond donors (Lipinski definition) is 2. The third kappa shape index (κ3) is 33.5. The van der Waals surface area contributed by atoms with E-state index >= 15 is 0 Å². The summed E-state index contributed by atoms with van der Waals surface area (Å²) in [5.74, 6) is 0. The molecular weight excluding hydrogens is 321 g/mol. The van der Waals surface area contributed by atoms with Gasteiger partial charge in [-0.3, -0.25) is 4.55 Å². The van der Waals surface area contributed by atoms with Gasteiger partial charge in [0.2, 0.25) is 0 Å². The number of unbranched alkanes of at least 4 members (excludes halogenated alkanes) is 9. The molecule has 122 valence electrons. The van der Waals surface area contributed by atoms with Gasteiger partial charge in [0.25, 0.3) is 0 Å². The summed E-state index contributed by atoms with van der Waals surface area (Å²) in [5, 5.41) is 8.63. The van der Waals surface area contributed by atoms with Gasteiger partial charge >= 0.3 is 40.0 Å². The van der Waals surface area contributed by atoms with Crippen LogP contribution in [-0.2, 0) is 14.6 Å². The van der Waals surface area contributed by atoms with E-state index in [1.54, 1.807) is 0 Å². The number of thiocyanates is 1. The normalized spacial score (nSPS) is 10.0. The van der Waals surface area contributed by atoms with Crippen LogP contribution >= 0.6 is 12.6 Å². The van der Waals surface area contributed by atoms with Gasteiger partial charge in [0, 0.05) is 0 Å². The summed E-state index contributed by atoms with van der Waals surface area (Å²) in [5.41, 5.74) is 0. The predicted molar refractivity (Wildman–Crippen MR) is 91.1 cm³/mol. The Morgan fingerprint density at radius 1 is 1.00 bits per heavy atom. The molecule has 8 heteroatoms. The second-order valence-corrected chi connectivity index (χ2v) is 5.82. The van der Waals surface area contributed by atoms with E-state index < -0.39 is 10.4 Å². The van der Waals surface area contributed by atoms with Crippen LogP contribution in [0.25, 0.3) is 0 Å². The molecule has 0 rings (SSSR count). The molecule has 0 aliphatic rings. The summed E-state index contributed by atoms with van der Waals surface area (Å²) in [6, 6.07) is 0. The fourth-order valence-electron chi connectivity index (χ4n) is 1.75. The van der Waals surface area contributed by atoms with E-state index in [2.05, 4.69) is 23.7 Å². The second kappa shape index (κ2) is 20.7. The Bertz CT molecular complexity index is 332. The van der Waals surface area contributed by atoms with Crippen LogP contribution in [0.1, 0.15) is 71.1 Å². The molecule has 0 spiro atoms. The van der Waals surface area contributed by atoms with Crippen molar-refractivity contribution in [3.63, 3.8) is 0 Å². The molecule has 0 saturated heterocycles. The third-order valence-electron chi connectivity index (χ3n) is 2.73. The molecule has 0 atom stereocenters. The fraction of sp³-hybridized carbons (Fsp3) is 0.923. The molecule has 1 N–H and O–H groups in total. The van der Waals surface area contributed by atoms with Gasteiger partial charge in [-0.15, -0.1) is 0 Å². The van der Waals surface area contributed by atoms with E-state index in [0.717, 1.165) is 12.8 Å². The minimum absolute atomic E-state index is 0. The first-order valence-corrected chi connectivity index (χ1v) is 8.94. The van der Waals surface area contributed by atoms with Crippen LogP contribution in [0.4, 0.5) is 0 Å². The van der Waals surface area contributed by atoms with Crippen LogP contribution in [0.3, 0.4) is 0 Å². The van der Waals surface area contributed by atoms with Crippen molar-refractivity contribution < 1.29 is 17.2 Å². The van der Waals surface area contributed by atoms with Crippen LogP contribution in [0, 0.1) is 10.7 Å². The average molecular weight is 349 g/mol. The standard InChI is InChI=1S/C12H26O4S.CHNS.Na.H/c1-2-3-4-5-6-7-8-9-10-11-12-16-17(13,14)15;2-1-3;;/h2-12H2,1H3,(H,13,14,15);3H;;. The molecule has 0 saturated carbocycles. The van der Waals surface area contributed by atoms with Crippen LogP contribution < -0.4 is 0 Å². The second-order valence-electron chi connectivity index (χ2n) is 4.53.